The van der Waals surface area contributed by atoms with Crippen LogP contribution in [-0.4, -0.2) is 30.8 Å². The van der Waals surface area contributed by atoms with Crippen molar-refractivity contribution in [2.24, 2.45) is 17.8 Å². The summed E-state index contributed by atoms with van der Waals surface area (Å²) in [4.78, 5) is 23.5. The number of carbonyl (C=O) groups excluding carboxylic acids is 2. The Balaban J connectivity index is 2.90. The molecule has 0 spiro atoms. The monoisotopic (exact) mass is 296 g/mol. The molecule has 1 aliphatic rings. The molecule has 0 amide bonds. The van der Waals surface area contributed by atoms with Gasteiger partial charge in [-0.05, 0) is 33.6 Å². The first-order chi connectivity index (χ1) is 8.95. The number of rotatable bonds is 2. The van der Waals surface area contributed by atoms with Crippen LogP contribution < -0.4 is 0 Å². The lowest BCUT2D eigenvalue weighted by atomic mass is 9.96. The molecule has 0 bridgehead atoms. The molecular formula is C13H19F3O4. The second-order valence-corrected chi connectivity index (χ2v) is 5.98. The third-order valence-electron chi connectivity index (χ3n) is 3.24. The number of alkyl halides is 3. The van der Waals surface area contributed by atoms with Gasteiger partial charge in [-0.15, -0.1) is 0 Å². The maximum Gasteiger partial charge on any atom is 0.391 e. The van der Waals surface area contributed by atoms with Crippen LogP contribution in [0.15, 0.2) is 0 Å². The highest BCUT2D eigenvalue weighted by atomic mass is 19.4. The molecule has 1 fully saturated rings. The Morgan fingerprint density at radius 1 is 1.00 bits per heavy atom. The zero-order chi connectivity index (χ0) is 15.7. The number of hydrogen-bond acceptors (Lipinski definition) is 4. The molecule has 0 saturated heterocycles. The fourth-order valence-corrected chi connectivity index (χ4v) is 2.35. The number of hydrogen-bond donors (Lipinski definition) is 0. The van der Waals surface area contributed by atoms with Gasteiger partial charge in [-0.3, -0.25) is 9.59 Å². The molecule has 0 aliphatic heterocycles. The van der Waals surface area contributed by atoms with Crippen molar-refractivity contribution < 1.29 is 32.2 Å². The minimum Gasteiger partial charge on any atom is -0.469 e. The van der Waals surface area contributed by atoms with Crippen molar-refractivity contribution in [1.82, 2.24) is 0 Å². The number of esters is 2. The number of ether oxygens (including phenoxy) is 2. The Morgan fingerprint density at radius 3 is 1.80 bits per heavy atom. The Hall–Kier alpha value is -1.27. The molecule has 0 N–H and O–H groups in total. The Bertz CT molecular complexity index is 384. The zero-order valence-electron chi connectivity index (χ0n) is 11.9. The van der Waals surface area contributed by atoms with Crippen molar-refractivity contribution in [2.45, 2.75) is 45.4 Å². The van der Waals surface area contributed by atoms with Gasteiger partial charge in [0, 0.05) is 0 Å². The molecule has 1 rings (SSSR count). The fraction of sp³-hybridized carbons (Fsp3) is 0.846. The van der Waals surface area contributed by atoms with E-state index in [0.717, 1.165) is 7.11 Å². The van der Waals surface area contributed by atoms with E-state index < -0.39 is 54.3 Å². The predicted molar refractivity (Wildman–Crippen MR) is 63.6 cm³/mol. The SMILES string of the molecule is COC(=O)[C@@H]1C[C@@H](C(F)(F)F)CC1C(=O)OC(C)(C)C. The van der Waals surface area contributed by atoms with E-state index in [2.05, 4.69) is 4.74 Å². The largest absolute Gasteiger partial charge is 0.469 e. The van der Waals surface area contributed by atoms with E-state index in [9.17, 15) is 22.8 Å². The summed E-state index contributed by atoms with van der Waals surface area (Å²) in [6, 6.07) is 0. The average molecular weight is 296 g/mol. The summed E-state index contributed by atoms with van der Waals surface area (Å²) in [7, 11) is 1.09. The molecule has 20 heavy (non-hydrogen) atoms. The minimum absolute atomic E-state index is 0.430. The van der Waals surface area contributed by atoms with Gasteiger partial charge in [-0.1, -0.05) is 0 Å². The topological polar surface area (TPSA) is 52.6 Å². The quantitative estimate of drug-likeness (QED) is 0.735. The lowest BCUT2D eigenvalue weighted by molar-refractivity contribution is -0.175. The zero-order valence-corrected chi connectivity index (χ0v) is 11.9. The molecule has 4 nitrogen and oxygen atoms in total. The van der Waals surface area contributed by atoms with Crippen LogP contribution >= 0.6 is 0 Å². The Kier molecular flexibility index (Phi) is 4.71. The fourth-order valence-electron chi connectivity index (χ4n) is 2.35. The lowest BCUT2D eigenvalue weighted by Crippen LogP contribution is -2.33. The van der Waals surface area contributed by atoms with E-state index in [4.69, 9.17) is 4.74 Å². The minimum atomic E-state index is -4.43. The van der Waals surface area contributed by atoms with E-state index in [0.29, 0.717) is 0 Å². The van der Waals surface area contributed by atoms with E-state index >= 15 is 0 Å². The molecule has 0 aromatic heterocycles. The normalized spacial score (nSPS) is 27.2. The third-order valence-corrected chi connectivity index (χ3v) is 3.24. The van der Waals surface area contributed by atoms with E-state index in [1.54, 1.807) is 20.8 Å². The van der Waals surface area contributed by atoms with Crippen LogP contribution in [0, 0.1) is 17.8 Å². The number of carbonyl (C=O) groups is 2. The van der Waals surface area contributed by atoms with Gasteiger partial charge in [0.2, 0.25) is 0 Å². The van der Waals surface area contributed by atoms with Crippen LogP contribution in [0.3, 0.4) is 0 Å². The number of halogens is 3. The van der Waals surface area contributed by atoms with Gasteiger partial charge in [0.1, 0.15) is 5.60 Å². The number of methoxy groups -OCH3 is 1. The maximum absolute atomic E-state index is 12.8. The molecule has 7 heteroatoms. The molecule has 1 unspecified atom stereocenters. The first-order valence-corrected chi connectivity index (χ1v) is 6.33. The highest BCUT2D eigenvalue weighted by Gasteiger charge is 2.53. The molecular weight excluding hydrogens is 277 g/mol. The highest BCUT2D eigenvalue weighted by Crippen LogP contribution is 2.46. The van der Waals surface area contributed by atoms with Crippen LogP contribution in [0.5, 0.6) is 0 Å². The van der Waals surface area contributed by atoms with Gasteiger partial charge in [0.15, 0.2) is 0 Å². The Morgan fingerprint density at radius 2 is 1.45 bits per heavy atom. The van der Waals surface area contributed by atoms with Crippen molar-refractivity contribution in [3.63, 3.8) is 0 Å². The summed E-state index contributed by atoms with van der Waals surface area (Å²) in [5, 5.41) is 0. The van der Waals surface area contributed by atoms with Crippen molar-refractivity contribution in [2.75, 3.05) is 7.11 Å². The second kappa shape index (κ2) is 5.61. The summed E-state index contributed by atoms with van der Waals surface area (Å²) in [5.41, 5.74) is -0.811. The van der Waals surface area contributed by atoms with Crippen LogP contribution in [0.1, 0.15) is 33.6 Å². The lowest BCUT2D eigenvalue weighted by Gasteiger charge is -2.24. The summed E-state index contributed by atoms with van der Waals surface area (Å²) < 4.78 is 47.9. The molecule has 116 valence electrons. The Labute approximate surface area is 115 Å². The van der Waals surface area contributed by atoms with E-state index in [1.807, 2.05) is 0 Å². The smallest absolute Gasteiger partial charge is 0.391 e. The molecule has 0 aromatic carbocycles. The van der Waals surface area contributed by atoms with Crippen molar-refractivity contribution >= 4 is 11.9 Å². The van der Waals surface area contributed by atoms with Crippen LogP contribution in [0.2, 0.25) is 0 Å². The van der Waals surface area contributed by atoms with Crippen molar-refractivity contribution in [3.8, 4) is 0 Å². The third kappa shape index (κ3) is 4.11. The maximum atomic E-state index is 12.8. The first kappa shape index (κ1) is 16.8. The van der Waals surface area contributed by atoms with Gasteiger partial charge in [0.25, 0.3) is 0 Å². The van der Waals surface area contributed by atoms with Crippen molar-refractivity contribution in [3.05, 3.63) is 0 Å². The predicted octanol–water partition coefficient (Wildman–Crippen LogP) is 2.71. The van der Waals surface area contributed by atoms with Gasteiger partial charge in [-0.2, -0.15) is 13.2 Å². The first-order valence-electron chi connectivity index (χ1n) is 6.33. The second-order valence-electron chi connectivity index (χ2n) is 5.98. The average Bonchev–Trinajstić information content (AvgIpc) is 2.69. The molecule has 0 heterocycles. The van der Waals surface area contributed by atoms with E-state index in [1.165, 1.54) is 0 Å². The molecule has 0 aromatic rings. The highest BCUT2D eigenvalue weighted by molar-refractivity contribution is 5.83. The van der Waals surface area contributed by atoms with Gasteiger partial charge < -0.3 is 9.47 Å². The summed E-state index contributed by atoms with van der Waals surface area (Å²) in [6.45, 7) is 4.86. The van der Waals surface area contributed by atoms with Crippen LogP contribution in [-0.2, 0) is 19.1 Å². The van der Waals surface area contributed by atoms with Gasteiger partial charge in [0.05, 0.1) is 24.9 Å². The molecule has 3 atom stereocenters. The van der Waals surface area contributed by atoms with Crippen molar-refractivity contribution in [1.29, 1.82) is 0 Å². The standard InChI is InChI=1S/C13H19F3O4/c1-12(2,3)20-11(18)9-6-7(13(14,15)16)5-8(9)10(17)19-4/h7-9H,5-6H2,1-4H3/t7-,8-,9?/m1/s1. The summed E-state index contributed by atoms with van der Waals surface area (Å²) in [5.74, 6) is -5.45. The summed E-state index contributed by atoms with van der Waals surface area (Å²) >= 11 is 0. The summed E-state index contributed by atoms with van der Waals surface area (Å²) in [6.07, 6.45) is -5.29. The molecule has 1 saturated carbocycles. The van der Waals surface area contributed by atoms with Gasteiger partial charge in [-0.25, -0.2) is 0 Å². The van der Waals surface area contributed by atoms with E-state index in [-0.39, 0.29) is 0 Å². The molecule has 1 aliphatic carbocycles. The molecule has 0 radical (unpaired) electrons. The van der Waals surface area contributed by atoms with Crippen LogP contribution in [0.4, 0.5) is 13.2 Å². The van der Waals surface area contributed by atoms with Crippen LogP contribution in [0.25, 0.3) is 0 Å². The van der Waals surface area contributed by atoms with Gasteiger partial charge >= 0.3 is 18.1 Å².